The Morgan fingerprint density at radius 1 is 0.217 bits per heavy atom. The molecule has 0 aliphatic heterocycles. The molecule has 0 spiro atoms. The van der Waals surface area contributed by atoms with Crippen molar-refractivity contribution < 1.29 is 93.5 Å². The van der Waals surface area contributed by atoms with E-state index in [1.54, 1.807) is 0 Å². The Morgan fingerprint density at radius 2 is 0.348 bits per heavy atom. The standard InChI is InChI=1S/C24BF20.C23H49N/c26-5-1(6(27)14(35)21(42)13(5)34)25(2-7(28)15(36)22(43)16(37)8(2)29,3-9(30)17(38)23(44)18(39)10(3)31)4-11(32)19(40)24(45)20(41)12(4)33;1-2-3-4-5-6-7-8-9-10-11-12-13-14-15-16-17-18-19-20-21-22-23-24/h;2-24H2,1H3/q-1;/p+1. The first-order chi connectivity index (χ1) is 32.6. The van der Waals surface area contributed by atoms with Crippen LogP contribution in [0.1, 0.15) is 142 Å². The summed E-state index contributed by atoms with van der Waals surface area (Å²) < 4.78 is 294. The zero-order valence-electron chi connectivity index (χ0n) is 37.4. The van der Waals surface area contributed by atoms with Gasteiger partial charge in [0.15, 0.2) is 69.8 Å². The minimum absolute atomic E-state index is 1.12. The summed E-state index contributed by atoms with van der Waals surface area (Å²) in [6, 6.07) is 0. The van der Waals surface area contributed by atoms with Crippen LogP contribution in [-0.4, -0.2) is 12.7 Å². The minimum atomic E-state index is -7.22. The topological polar surface area (TPSA) is 27.6 Å². The van der Waals surface area contributed by atoms with Gasteiger partial charge in [0, 0.05) is 0 Å². The molecule has 0 amide bonds. The maximum atomic E-state index is 15.4. The quantitative estimate of drug-likeness (QED) is 0.0225. The fourth-order valence-electron chi connectivity index (χ4n) is 8.48. The Hall–Kier alpha value is -4.50. The highest BCUT2D eigenvalue weighted by Gasteiger charge is 2.52. The van der Waals surface area contributed by atoms with Crippen LogP contribution in [0.5, 0.6) is 0 Å². The second-order valence-electron chi connectivity index (χ2n) is 16.7. The first kappa shape index (κ1) is 58.8. The van der Waals surface area contributed by atoms with Crippen LogP contribution < -0.4 is 27.6 Å². The highest BCUT2D eigenvalue weighted by atomic mass is 19.2. The van der Waals surface area contributed by atoms with Gasteiger partial charge in [-0.05, 0) is 12.8 Å². The molecule has 0 aliphatic carbocycles. The largest absolute Gasteiger partial charge is 0.358 e. The van der Waals surface area contributed by atoms with E-state index >= 15 is 35.1 Å². The van der Waals surface area contributed by atoms with Crippen molar-refractivity contribution in [1.82, 2.24) is 0 Å². The van der Waals surface area contributed by atoms with Gasteiger partial charge in [-0.3, -0.25) is 0 Å². The van der Waals surface area contributed by atoms with Crippen molar-refractivity contribution in [3.63, 3.8) is 0 Å². The molecule has 22 heteroatoms. The molecule has 0 aliphatic rings. The summed E-state index contributed by atoms with van der Waals surface area (Å²) in [5, 5.41) is 0. The van der Waals surface area contributed by atoms with Crippen LogP contribution in [0.15, 0.2) is 0 Å². The van der Waals surface area contributed by atoms with Gasteiger partial charge in [0.1, 0.15) is 52.7 Å². The van der Waals surface area contributed by atoms with E-state index in [0.29, 0.717) is 0 Å². The lowest BCUT2D eigenvalue weighted by Gasteiger charge is -2.44. The highest BCUT2D eigenvalue weighted by molar-refractivity contribution is 7.20. The zero-order valence-corrected chi connectivity index (χ0v) is 37.4. The second-order valence-corrected chi connectivity index (χ2v) is 16.7. The predicted octanol–water partition coefficient (Wildman–Crippen LogP) is 13.3. The van der Waals surface area contributed by atoms with E-state index in [1.165, 1.54) is 135 Å². The Balaban J connectivity index is 0.000000446. The monoisotopic (exact) mass is 1020 g/mol. The summed E-state index contributed by atoms with van der Waals surface area (Å²) in [7, 11) is 0. The molecule has 3 N–H and O–H groups in total. The van der Waals surface area contributed by atoms with Crippen LogP contribution in [0.2, 0.25) is 0 Å². The van der Waals surface area contributed by atoms with Gasteiger partial charge in [0.25, 0.3) is 0 Å². The fraction of sp³-hybridized carbons (Fsp3) is 0.489. The third-order valence-corrected chi connectivity index (χ3v) is 12.1. The average Bonchev–Trinajstić information content (AvgIpc) is 3.33. The van der Waals surface area contributed by atoms with Gasteiger partial charge in [-0.25, -0.2) is 87.8 Å². The van der Waals surface area contributed by atoms with E-state index in [-0.39, 0.29) is 0 Å². The third-order valence-electron chi connectivity index (χ3n) is 12.1. The number of rotatable bonds is 25. The molecule has 0 saturated carbocycles. The fourth-order valence-corrected chi connectivity index (χ4v) is 8.48. The predicted molar refractivity (Wildman–Crippen MR) is 220 cm³/mol. The summed E-state index contributed by atoms with van der Waals surface area (Å²) in [6.07, 6.45) is 23.5. The molecule has 0 aromatic heterocycles. The molecule has 4 aromatic rings. The van der Waals surface area contributed by atoms with Crippen molar-refractivity contribution in [2.24, 2.45) is 0 Å². The van der Waals surface area contributed by atoms with Gasteiger partial charge in [-0.1, -0.05) is 129 Å². The summed E-state index contributed by atoms with van der Waals surface area (Å²) in [4.78, 5) is 0. The molecule has 0 radical (unpaired) electrons. The summed E-state index contributed by atoms with van der Waals surface area (Å²) in [5.74, 6) is -71.4. The maximum Gasteiger partial charge on any atom is 0.200 e. The zero-order chi connectivity index (χ0) is 51.9. The van der Waals surface area contributed by atoms with E-state index in [0.717, 1.165) is 6.54 Å². The number of hydrogen-bond acceptors (Lipinski definition) is 0. The number of hydrogen-bond donors (Lipinski definition) is 1. The molecule has 386 valence electrons. The van der Waals surface area contributed by atoms with Gasteiger partial charge in [0.05, 0.1) is 6.54 Å². The third kappa shape index (κ3) is 12.9. The summed E-state index contributed by atoms with van der Waals surface area (Å²) >= 11 is 0. The molecular formula is C47H50BF20N. The van der Waals surface area contributed by atoms with Crippen molar-refractivity contribution in [2.75, 3.05) is 6.54 Å². The smallest absolute Gasteiger partial charge is 0.200 e. The Morgan fingerprint density at radius 3 is 0.493 bits per heavy atom. The molecule has 69 heavy (non-hydrogen) atoms. The van der Waals surface area contributed by atoms with E-state index in [2.05, 4.69) is 12.7 Å². The van der Waals surface area contributed by atoms with E-state index < -0.39 is 144 Å². The molecule has 0 atom stereocenters. The Bertz CT molecular complexity index is 1950. The van der Waals surface area contributed by atoms with E-state index in [4.69, 9.17) is 0 Å². The minimum Gasteiger partial charge on any atom is -0.358 e. The van der Waals surface area contributed by atoms with Gasteiger partial charge < -0.3 is 5.73 Å². The first-order valence-electron chi connectivity index (χ1n) is 22.6. The molecule has 1 nitrogen and oxygen atoms in total. The van der Waals surface area contributed by atoms with Crippen molar-refractivity contribution in [2.45, 2.75) is 142 Å². The van der Waals surface area contributed by atoms with E-state index in [1.807, 2.05) is 0 Å². The van der Waals surface area contributed by atoms with Crippen LogP contribution in [0.3, 0.4) is 0 Å². The molecule has 4 rings (SSSR count). The molecule has 0 unspecified atom stereocenters. The first-order valence-corrected chi connectivity index (χ1v) is 22.6. The molecule has 0 bridgehead atoms. The molecule has 0 saturated heterocycles. The maximum absolute atomic E-state index is 15.4. The van der Waals surface area contributed by atoms with Gasteiger partial charge in [-0.15, -0.1) is 21.9 Å². The second kappa shape index (κ2) is 27.2. The van der Waals surface area contributed by atoms with Gasteiger partial charge in [0.2, 0.25) is 0 Å². The summed E-state index contributed by atoms with van der Waals surface area (Å²) in [6.45, 7) is 3.42. The molecule has 0 heterocycles. The lowest BCUT2D eigenvalue weighted by atomic mass is 9.12. The van der Waals surface area contributed by atoms with Gasteiger partial charge >= 0.3 is 0 Å². The Kier molecular flexibility index (Phi) is 23.2. The normalized spacial score (nSPS) is 11.7. The molecule has 0 fully saturated rings. The van der Waals surface area contributed by atoms with E-state index in [9.17, 15) is 52.7 Å². The molecular weight excluding hydrogens is 969 g/mol. The van der Waals surface area contributed by atoms with Crippen molar-refractivity contribution in [3.05, 3.63) is 116 Å². The van der Waals surface area contributed by atoms with Crippen LogP contribution in [0.4, 0.5) is 87.8 Å². The van der Waals surface area contributed by atoms with Crippen molar-refractivity contribution in [3.8, 4) is 0 Å². The Labute approximate surface area is 385 Å². The van der Waals surface area contributed by atoms with Crippen LogP contribution >= 0.6 is 0 Å². The average molecular weight is 1020 g/mol. The van der Waals surface area contributed by atoms with Gasteiger partial charge in [-0.2, -0.15) is 0 Å². The number of quaternary nitrogens is 1. The summed E-state index contributed by atoms with van der Waals surface area (Å²) in [5.41, 5.74) is -10.4. The molecule has 4 aromatic carbocycles. The number of halogens is 20. The SMILES string of the molecule is CCCCCCCCCCCCCCCCCCCCCCC[NH3+].Fc1c(F)c(F)c([B-](c2c(F)c(F)c(F)c(F)c2F)(c2c(F)c(F)c(F)c(F)c2F)c2c(F)c(F)c(F)c(F)c2F)c(F)c1F. The number of benzene rings is 4. The van der Waals surface area contributed by atoms with Crippen molar-refractivity contribution >= 4 is 28.0 Å². The van der Waals surface area contributed by atoms with Crippen LogP contribution in [-0.2, 0) is 0 Å². The van der Waals surface area contributed by atoms with Crippen LogP contribution in [0.25, 0.3) is 0 Å². The van der Waals surface area contributed by atoms with Crippen molar-refractivity contribution in [1.29, 1.82) is 0 Å². The lowest BCUT2D eigenvalue weighted by Crippen LogP contribution is -2.81. The lowest BCUT2D eigenvalue weighted by molar-refractivity contribution is -0.368. The number of unbranched alkanes of at least 4 members (excludes halogenated alkanes) is 20. The highest BCUT2D eigenvalue weighted by Crippen LogP contribution is 2.31. The van der Waals surface area contributed by atoms with Crippen LogP contribution in [0, 0.1) is 116 Å².